The van der Waals surface area contributed by atoms with Crippen LogP contribution in [0.15, 0.2) is 23.2 Å². The lowest BCUT2D eigenvalue weighted by molar-refractivity contribution is 0.420. The Kier molecular flexibility index (Phi) is 4.34. The summed E-state index contributed by atoms with van der Waals surface area (Å²) in [6.07, 6.45) is 0. The van der Waals surface area contributed by atoms with Crippen LogP contribution >= 0.6 is 46.9 Å². The standard InChI is InChI=1S/C12H11ClN2OS.HI/c1-16-7-3-2-4-8-9(7)10(13)11(17-8)12-14-5-6-15-12;/h2-4H,5-6H2,1H3,(H,14,15);1H. The van der Waals surface area contributed by atoms with E-state index in [1.807, 2.05) is 18.2 Å². The van der Waals surface area contributed by atoms with Crippen molar-refractivity contribution in [2.24, 2.45) is 4.99 Å². The summed E-state index contributed by atoms with van der Waals surface area (Å²) in [7, 11) is 1.66. The van der Waals surface area contributed by atoms with Crippen molar-refractivity contribution in [1.29, 1.82) is 0 Å². The Labute approximate surface area is 131 Å². The van der Waals surface area contributed by atoms with Crippen molar-refractivity contribution < 1.29 is 4.74 Å². The predicted molar refractivity (Wildman–Crippen MR) is 88.2 cm³/mol. The zero-order valence-corrected chi connectivity index (χ0v) is 13.6. The third-order valence-electron chi connectivity index (χ3n) is 2.73. The quantitative estimate of drug-likeness (QED) is 0.791. The van der Waals surface area contributed by atoms with Gasteiger partial charge in [-0.05, 0) is 12.1 Å². The smallest absolute Gasteiger partial charge is 0.140 e. The van der Waals surface area contributed by atoms with Crippen LogP contribution < -0.4 is 10.1 Å². The number of benzene rings is 1. The molecule has 1 aromatic heterocycles. The SMILES string of the molecule is COc1cccc2sc(C3=NCCN3)c(Cl)c12.I. The molecule has 1 aromatic carbocycles. The lowest BCUT2D eigenvalue weighted by Crippen LogP contribution is -2.18. The first-order chi connectivity index (χ1) is 8.31. The molecule has 18 heavy (non-hydrogen) atoms. The summed E-state index contributed by atoms with van der Waals surface area (Å²) in [6.45, 7) is 1.70. The second-order valence-electron chi connectivity index (χ2n) is 3.74. The maximum absolute atomic E-state index is 6.43. The Hall–Kier alpha value is -0.530. The lowest BCUT2D eigenvalue weighted by atomic mass is 10.2. The number of thiophene rings is 1. The number of fused-ring (bicyclic) bond motifs is 1. The van der Waals surface area contributed by atoms with Crippen molar-refractivity contribution in [1.82, 2.24) is 5.32 Å². The van der Waals surface area contributed by atoms with E-state index >= 15 is 0 Å². The van der Waals surface area contributed by atoms with Gasteiger partial charge in [-0.2, -0.15) is 0 Å². The average molecular weight is 395 g/mol. The molecule has 0 spiro atoms. The number of amidine groups is 1. The van der Waals surface area contributed by atoms with Gasteiger partial charge in [-0.1, -0.05) is 17.7 Å². The normalized spacial score (nSPS) is 14.0. The second kappa shape index (κ2) is 5.63. The average Bonchev–Trinajstić information content (AvgIpc) is 2.97. The summed E-state index contributed by atoms with van der Waals surface area (Å²) in [5, 5.41) is 4.96. The molecule has 0 unspecified atom stereocenters. The van der Waals surface area contributed by atoms with Crippen molar-refractivity contribution >= 4 is 62.8 Å². The number of ether oxygens (including phenoxy) is 1. The van der Waals surface area contributed by atoms with Gasteiger partial charge in [0.15, 0.2) is 0 Å². The Balaban J connectivity index is 0.00000120. The summed E-state index contributed by atoms with van der Waals surface area (Å²) < 4.78 is 6.47. The van der Waals surface area contributed by atoms with Crippen LogP contribution in [0.1, 0.15) is 4.88 Å². The van der Waals surface area contributed by atoms with Crippen molar-refractivity contribution in [3.05, 3.63) is 28.1 Å². The van der Waals surface area contributed by atoms with Gasteiger partial charge in [-0.3, -0.25) is 4.99 Å². The Morgan fingerprint density at radius 3 is 2.94 bits per heavy atom. The summed E-state index contributed by atoms with van der Waals surface area (Å²) in [5.74, 6) is 1.71. The maximum atomic E-state index is 6.43. The molecule has 0 amide bonds. The zero-order valence-electron chi connectivity index (χ0n) is 9.70. The highest BCUT2D eigenvalue weighted by Crippen LogP contribution is 2.40. The minimum atomic E-state index is 0. The van der Waals surface area contributed by atoms with Crippen LogP contribution in [0, 0.1) is 0 Å². The van der Waals surface area contributed by atoms with Gasteiger partial charge in [0.25, 0.3) is 0 Å². The van der Waals surface area contributed by atoms with E-state index in [0.29, 0.717) is 0 Å². The Morgan fingerprint density at radius 2 is 2.28 bits per heavy atom. The molecule has 1 aliphatic rings. The lowest BCUT2D eigenvalue weighted by Gasteiger charge is -2.01. The number of aliphatic imine (C=N–C) groups is 1. The second-order valence-corrected chi connectivity index (χ2v) is 5.17. The van der Waals surface area contributed by atoms with Crippen LogP contribution in [0.25, 0.3) is 10.1 Å². The molecule has 0 radical (unpaired) electrons. The summed E-state index contributed by atoms with van der Waals surface area (Å²) in [6, 6.07) is 5.95. The van der Waals surface area contributed by atoms with E-state index in [2.05, 4.69) is 10.3 Å². The molecule has 6 heteroatoms. The van der Waals surface area contributed by atoms with Crippen molar-refractivity contribution in [3.8, 4) is 5.75 Å². The van der Waals surface area contributed by atoms with Gasteiger partial charge < -0.3 is 10.1 Å². The van der Waals surface area contributed by atoms with Crippen LogP contribution in [0.2, 0.25) is 5.02 Å². The molecule has 3 nitrogen and oxygen atoms in total. The maximum Gasteiger partial charge on any atom is 0.140 e. The zero-order chi connectivity index (χ0) is 11.8. The fourth-order valence-corrected chi connectivity index (χ4v) is 3.51. The predicted octanol–water partition coefficient (Wildman–Crippen LogP) is 3.53. The summed E-state index contributed by atoms with van der Waals surface area (Å²) >= 11 is 8.08. The van der Waals surface area contributed by atoms with Crippen LogP contribution in [0.4, 0.5) is 0 Å². The minimum absolute atomic E-state index is 0. The molecule has 3 rings (SSSR count). The molecule has 1 aliphatic heterocycles. The highest BCUT2D eigenvalue weighted by molar-refractivity contribution is 14.0. The number of nitrogens with one attached hydrogen (secondary N) is 1. The topological polar surface area (TPSA) is 33.6 Å². The third kappa shape index (κ3) is 2.19. The van der Waals surface area contributed by atoms with Gasteiger partial charge in [-0.25, -0.2) is 0 Å². The van der Waals surface area contributed by atoms with Gasteiger partial charge in [0, 0.05) is 11.2 Å². The molecule has 0 fully saturated rings. The minimum Gasteiger partial charge on any atom is -0.496 e. The Morgan fingerprint density at radius 1 is 1.44 bits per heavy atom. The van der Waals surface area contributed by atoms with Crippen LogP contribution in [-0.2, 0) is 0 Å². The molecular weight excluding hydrogens is 383 g/mol. The summed E-state index contributed by atoms with van der Waals surface area (Å²) in [5.41, 5.74) is 0. The highest BCUT2D eigenvalue weighted by Gasteiger charge is 2.19. The molecule has 0 saturated carbocycles. The van der Waals surface area contributed by atoms with Crippen molar-refractivity contribution in [2.45, 2.75) is 0 Å². The highest BCUT2D eigenvalue weighted by atomic mass is 127. The number of nitrogens with zero attached hydrogens (tertiary/aromatic N) is 1. The number of hydrogen-bond donors (Lipinski definition) is 1. The molecule has 96 valence electrons. The molecule has 0 bridgehead atoms. The van der Waals surface area contributed by atoms with E-state index in [9.17, 15) is 0 Å². The van der Waals surface area contributed by atoms with Gasteiger partial charge in [0.05, 0.1) is 28.9 Å². The first-order valence-corrected chi connectivity index (χ1v) is 6.54. The largest absolute Gasteiger partial charge is 0.496 e. The van der Waals surface area contributed by atoms with Gasteiger partial charge in [0.2, 0.25) is 0 Å². The van der Waals surface area contributed by atoms with E-state index in [1.165, 1.54) is 0 Å². The van der Waals surface area contributed by atoms with Crippen LogP contribution in [0.3, 0.4) is 0 Å². The van der Waals surface area contributed by atoms with Gasteiger partial charge in [0.1, 0.15) is 11.6 Å². The van der Waals surface area contributed by atoms with Crippen LogP contribution in [-0.4, -0.2) is 26.0 Å². The summed E-state index contributed by atoms with van der Waals surface area (Å²) in [4.78, 5) is 5.41. The molecule has 0 aliphatic carbocycles. The fraction of sp³-hybridized carbons (Fsp3) is 0.250. The van der Waals surface area contributed by atoms with Crippen molar-refractivity contribution in [3.63, 3.8) is 0 Å². The molecule has 2 aromatic rings. The van der Waals surface area contributed by atoms with Gasteiger partial charge in [-0.15, -0.1) is 35.3 Å². The van der Waals surface area contributed by atoms with E-state index in [1.54, 1.807) is 18.4 Å². The molecule has 1 N–H and O–H groups in total. The number of rotatable bonds is 2. The van der Waals surface area contributed by atoms with E-state index in [-0.39, 0.29) is 24.0 Å². The Bertz CT molecular complexity index is 611. The monoisotopic (exact) mass is 394 g/mol. The van der Waals surface area contributed by atoms with Crippen LogP contribution in [0.5, 0.6) is 5.75 Å². The van der Waals surface area contributed by atoms with E-state index in [0.717, 1.165) is 44.7 Å². The molecule has 0 atom stereocenters. The van der Waals surface area contributed by atoms with Gasteiger partial charge >= 0.3 is 0 Å². The third-order valence-corrected chi connectivity index (χ3v) is 4.38. The first-order valence-electron chi connectivity index (χ1n) is 5.35. The number of halogens is 2. The van der Waals surface area contributed by atoms with E-state index < -0.39 is 0 Å². The number of methoxy groups -OCH3 is 1. The van der Waals surface area contributed by atoms with E-state index in [4.69, 9.17) is 16.3 Å². The molecule has 2 heterocycles. The first kappa shape index (κ1) is 13.9. The molecular formula is C12H12ClIN2OS. The fourth-order valence-electron chi connectivity index (χ4n) is 1.95. The number of hydrogen-bond acceptors (Lipinski definition) is 4. The molecule has 0 saturated heterocycles. The van der Waals surface area contributed by atoms with Crippen molar-refractivity contribution in [2.75, 3.05) is 20.2 Å².